The Labute approximate surface area is 336 Å². The van der Waals surface area contributed by atoms with Crippen LogP contribution in [0.4, 0.5) is 4.79 Å². The number of ether oxygens (including phenoxy) is 3. The number of rotatable bonds is 8. The SMILES string of the molecule is C=CC1CCC1(NC(=O)C1CC2CN1C(=O)C(C(C)(C)C)NC(=O)OC(CC)C(C)CCCCCc1nc3ccc(OC)cc3cc1O2)C(=O)NS(=O)(=O)C1CC1. The molecule has 3 N–H and O–H groups in total. The van der Waals surface area contributed by atoms with E-state index in [1.165, 1.54) is 4.90 Å². The minimum absolute atomic E-state index is 0.00935. The molecule has 0 radical (unpaired) electrons. The van der Waals surface area contributed by atoms with Crippen molar-refractivity contribution in [2.45, 2.75) is 140 Å². The van der Waals surface area contributed by atoms with Crippen molar-refractivity contribution in [2.75, 3.05) is 13.7 Å². The molecule has 2 aliphatic carbocycles. The molecule has 2 aromatic rings. The highest BCUT2D eigenvalue weighted by Gasteiger charge is 2.56. The second kappa shape index (κ2) is 16.8. The van der Waals surface area contributed by atoms with Crippen molar-refractivity contribution in [3.8, 4) is 11.5 Å². The lowest BCUT2D eigenvalue weighted by atomic mass is 9.66. The summed E-state index contributed by atoms with van der Waals surface area (Å²) in [5.41, 5.74) is -0.838. The van der Waals surface area contributed by atoms with Gasteiger partial charge in [-0.15, -0.1) is 6.58 Å². The third-order valence-electron chi connectivity index (χ3n) is 12.2. The number of alkyl carbamates (subject to hydrolysis) is 1. The number of nitrogens with zero attached hydrogens (tertiary/aromatic N) is 2. The third-order valence-corrected chi connectivity index (χ3v) is 14.0. The van der Waals surface area contributed by atoms with E-state index < -0.39 is 74.1 Å². The zero-order chi connectivity index (χ0) is 41.3. The Morgan fingerprint density at radius 2 is 1.86 bits per heavy atom. The maximum atomic E-state index is 14.8. The molecule has 1 aromatic carbocycles. The number of hydrogen-bond donors (Lipinski definition) is 3. The van der Waals surface area contributed by atoms with E-state index in [0.717, 1.165) is 42.3 Å². The summed E-state index contributed by atoms with van der Waals surface area (Å²) < 4.78 is 46.1. The highest BCUT2D eigenvalue weighted by atomic mass is 32.2. The molecule has 57 heavy (non-hydrogen) atoms. The van der Waals surface area contributed by atoms with Crippen molar-refractivity contribution in [1.29, 1.82) is 0 Å². The van der Waals surface area contributed by atoms with Gasteiger partial charge in [0.15, 0.2) is 0 Å². The van der Waals surface area contributed by atoms with Gasteiger partial charge in [-0.3, -0.25) is 19.1 Å². The molecule has 4 amide bonds. The molecule has 1 aromatic heterocycles. The van der Waals surface area contributed by atoms with E-state index in [4.69, 9.17) is 19.2 Å². The Morgan fingerprint density at radius 1 is 1.11 bits per heavy atom. The standard InChI is InChI=1S/C42H59N5O9S/c1-8-27-19-20-42(27,39(50)46-57(52,53)30-16-17-30)45-37(48)33-23-29-24-47(33)38(49)36(41(4,5)6)44-40(51)56-34(9-2)25(3)13-11-10-12-14-32-35(55-29)22-26-21-28(54-7)15-18-31(26)43-32/h8,15,18,21-22,25,27,29-30,33-34,36H,1,9-14,16-17,19-20,23-24H2,2-7H3,(H,44,51)(H,45,48)(H,46,50). The van der Waals surface area contributed by atoms with Gasteiger partial charge in [-0.2, -0.15) is 0 Å². The molecule has 2 aliphatic heterocycles. The van der Waals surface area contributed by atoms with E-state index in [0.29, 0.717) is 43.6 Å². The molecule has 1 saturated heterocycles. The van der Waals surface area contributed by atoms with E-state index in [1.54, 1.807) is 13.2 Å². The van der Waals surface area contributed by atoms with Gasteiger partial charge in [-0.25, -0.2) is 18.2 Å². The molecule has 3 fully saturated rings. The van der Waals surface area contributed by atoms with Crippen LogP contribution >= 0.6 is 0 Å². The molecule has 312 valence electrons. The normalized spacial score (nSPS) is 29.0. The molecule has 4 aliphatic rings. The number of carbonyl (C=O) groups excluding carboxylic acids is 4. The average Bonchev–Trinajstić information content (AvgIpc) is 3.94. The second-order valence-electron chi connectivity index (χ2n) is 17.4. The van der Waals surface area contributed by atoms with Gasteiger partial charge in [-0.1, -0.05) is 53.5 Å². The number of sulfonamides is 1. The van der Waals surface area contributed by atoms with Crippen LogP contribution < -0.4 is 24.8 Å². The van der Waals surface area contributed by atoms with Gasteiger partial charge in [0.05, 0.1) is 30.1 Å². The van der Waals surface area contributed by atoms with Gasteiger partial charge < -0.3 is 29.7 Å². The number of aryl methyl sites for hydroxylation is 1. The summed E-state index contributed by atoms with van der Waals surface area (Å²) >= 11 is 0. The molecule has 15 heteroatoms. The minimum Gasteiger partial charge on any atom is -0.497 e. The minimum atomic E-state index is -3.92. The van der Waals surface area contributed by atoms with Crippen LogP contribution in [-0.2, 0) is 35.6 Å². The van der Waals surface area contributed by atoms with E-state index in [-0.39, 0.29) is 31.4 Å². The Hall–Kier alpha value is -4.40. The van der Waals surface area contributed by atoms with Gasteiger partial charge in [-0.05, 0) is 87.0 Å². The summed E-state index contributed by atoms with van der Waals surface area (Å²) in [6.07, 6.45) is 6.27. The number of hydrogen-bond acceptors (Lipinski definition) is 10. The quantitative estimate of drug-likeness (QED) is 0.295. The van der Waals surface area contributed by atoms with E-state index >= 15 is 0 Å². The zero-order valence-electron chi connectivity index (χ0n) is 34.1. The number of fused-ring (bicyclic) bond motifs is 4. The number of nitrogens with one attached hydrogen (secondary N) is 3. The Balaban J connectivity index is 1.37. The first kappa shape index (κ1) is 42.2. The van der Waals surface area contributed by atoms with Gasteiger partial charge in [0.1, 0.15) is 41.3 Å². The molecule has 0 spiro atoms. The van der Waals surface area contributed by atoms with Gasteiger partial charge in [0.25, 0.3) is 5.91 Å². The second-order valence-corrected chi connectivity index (χ2v) is 19.3. The number of benzene rings is 1. The predicted octanol–water partition coefficient (Wildman–Crippen LogP) is 5.32. The van der Waals surface area contributed by atoms with Gasteiger partial charge >= 0.3 is 6.09 Å². The number of methoxy groups -OCH3 is 1. The van der Waals surface area contributed by atoms with Crippen LogP contribution in [0.5, 0.6) is 11.5 Å². The monoisotopic (exact) mass is 809 g/mol. The lowest BCUT2D eigenvalue weighted by Gasteiger charge is -2.47. The smallest absolute Gasteiger partial charge is 0.408 e. The maximum absolute atomic E-state index is 14.8. The molecular weight excluding hydrogens is 751 g/mol. The first-order chi connectivity index (χ1) is 27.0. The average molecular weight is 810 g/mol. The molecule has 7 atom stereocenters. The fraction of sp³-hybridized carbons (Fsp3) is 0.643. The molecule has 2 saturated carbocycles. The van der Waals surface area contributed by atoms with Gasteiger partial charge in [0, 0.05) is 17.7 Å². The number of amides is 4. The zero-order valence-corrected chi connectivity index (χ0v) is 34.9. The van der Waals surface area contributed by atoms with E-state index in [1.807, 2.05) is 52.0 Å². The molecule has 6 rings (SSSR count). The Morgan fingerprint density at radius 3 is 2.49 bits per heavy atom. The van der Waals surface area contributed by atoms with Crippen LogP contribution in [0.2, 0.25) is 0 Å². The highest BCUT2D eigenvalue weighted by Crippen LogP contribution is 2.41. The van der Waals surface area contributed by atoms with Crippen LogP contribution in [0.3, 0.4) is 0 Å². The highest BCUT2D eigenvalue weighted by molar-refractivity contribution is 7.91. The summed E-state index contributed by atoms with van der Waals surface area (Å²) in [5.74, 6) is -1.23. The molecule has 14 nitrogen and oxygen atoms in total. The van der Waals surface area contributed by atoms with Gasteiger partial charge in [0.2, 0.25) is 21.8 Å². The van der Waals surface area contributed by atoms with Crippen molar-refractivity contribution in [3.63, 3.8) is 0 Å². The molecule has 3 heterocycles. The first-order valence-electron chi connectivity index (χ1n) is 20.4. The Bertz CT molecular complexity index is 1980. The van der Waals surface area contributed by atoms with Crippen molar-refractivity contribution >= 4 is 44.7 Å². The first-order valence-corrected chi connectivity index (χ1v) is 22.0. The Kier molecular flexibility index (Phi) is 12.5. The lowest BCUT2D eigenvalue weighted by molar-refractivity contribution is -0.145. The van der Waals surface area contributed by atoms with Crippen molar-refractivity contribution in [1.82, 2.24) is 25.2 Å². The summed E-state index contributed by atoms with van der Waals surface area (Å²) in [7, 11) is -2.32. The van der Waals surface area contributed by atoms with Crippen molar-refractivity contribution < 1.29 is 41.8 Å². The summed E-state index contributed by atoms with van der Waals surface area (Å²) in [5, 5.41) is 5.90. The maximum Gasteiger partial charge on any atom is 0.408 e. The fourth-order valence-corrected chi connectivity index (χ4v) is 9.73. The topological polar surface area (TPSA) is 182 Å². The predicted molar refractivity (Wildman–Crippen MR) is 215 cm³/mol. The fourth-order valence-electron chi connectivity index (χ4n) is 8.36. The van der Waals surface area contributed by atoms with Crippen LogP contribution in [0.15, 0.2) is 36.9 Å². The number of carbonyl (C=O) groups is 4. The van der Waals surface area contributed by atoms with E-state index in [9.17, 15) is 27.6 Å². The summed E-state index contributed by atoms with van der Waals surface area (Å²) in [6, 6.07) is 5.33. The largest absolute Gasteiger partial charge is 0.497 e. The van der Waals surface area contributed by atoms with Crippen LogP contribution in [0.25, 0.3) is 10.9 Å². The number of aromatic nitrogens is 1. The third kappa shape index (κ3) is 9.18. The number of cyclic esters (lactones) is 1. The van der Waals surface area contributed by atoms with E-state index in [2.05, 4.69) is 28.9 Å². The van der Waals surface area contributed by atoms with Crippen LogP contribution in [0, 0.1) is 17.3 Å². The summed E-state index contributed by atoms with van der Waals surface area (Å²) in [6.45, 7) is 13.4. The number of pyridine rings is 1. The molecule has 2 bridgehead atoms. The molecular formula is C42H59N5O9S. The van der Waals surface area contributed by atoms with Crippen LogP contribution in [-0.4, -0.2) is 90.9 Å². The summed E-state index contributed by atoms with van der Waals surface area (Å²) in [4.78, 5) is 63.1. The lowest BCUT2D eigenvalue weighted by Crippen LogP contribution is -2.70. The van der Waals surface area contributed by atoms with Crippen molar-refractivity contribution in [2.24, 2.45) is 17.3 Å². The molecule has 7 unspecified atom stereocenters. The van der Waals surface area contributed by atoms with Crippen LogP contribution in [0.1, 0.15) is 105 Å². The van der Waals surface area contributed by atoms with Crippen molar-refractivity contribution in [3.05, 3.63) is 42.6 Å².